The summed E-state index contributed by atoms with van der Waals surface area (Å²) >= 11 is 0. The molecule has 2 aromatic heterocycles. The first-order chi connectivity index (χ1) is 14.2. The van der Waals surface area contributed by atoms with Gasteiger partial charge in [0.2, 0.25) is 5.88 Å². The van der Waals surface area contributed by atoms with Gasteiger partial charge in [-0.3, -0.25) is 0 Å². The summed E-state index contributed by atoms with van der Waals surface area (Å²) in [5, 5.41) is 1.12. The van der Waals surface area contributed by atoms with Crippen LogP contribution < -0.4 is 4.74 Å². The van der Waals surface area contributed by atoms with Gasteiger partial charge in [-0.1, -0.05) is 45.0 Å². The first-order valence-electron chi connectivity index (χ1n) is 10.2. The summed E-state index contributed by atoms with van der Waals surface area (Å²) in [5.41, 5.74) is 6.02. The van der Waals surface area contributed by atoms with Crippen LogP contribution in [0.25, 0.3) is 10.9 Å². The minimum Gasteiger partial charge on any atom is -0.437 e. The van der Waals surface area contributed by atoms with Crippen molar-refractivity contribution in [1.82, 2.24) is 9.55 Å². The molecule has 30 heavy (non-hydrogen) atoms. The number of halogens is 1. The zero-order valence-corrected chi connectivity index (χ0v) is 18.2. The molecule has 0 spiro atoms. The van der Waals surface area contributed by atoms with Gasteiger partial charge in [0, 0.05) is 23.8 Å². The molecule has 0 saturated heterocycles. The van der Waals surface area contributed by atoms with Gasteiger partial charge in [-0.15, -0.1) is 0 Å². The standard InChI is InChI=1S/C26H27FN2O/c1-17-18(2)29(16-19-6-8-20(9-7-19)26(3,4)5)24-23(17)14-15-28-25(24)30-22-12-10-21(27)11-13-22/h6-15H,16H2,1-5H3. The van der Waals surface area contributed by atoms with Gasteiger partial charge in [-0.2, -0.15) is 0 Å². The number of benzene rings is 2. The summed E-state index contributed by atoms with van der Waals surface area (Å²) in [6.45, 7) is 11.6. The Bertz CT molecular complexity index is 1180. The number of rotatable bonds is 4. The Labute approximate surface area is 177 Å². The zero-order chi connectivity index (χ0) is 21.5. The van der Waals surface area contributed by atoms with Crippen molar-refractivity contribution in [3.05, 3.63) is 89.0 Å². The molecule has 3 nitrogen and oxygen atoms in total. The van der Waals surface area contributed by atoms with Crippen LogP contribution in [0.1, 0.15) is 43.2 Å². The minimum absolute atomic E-state index is 0.130. The third-order valence-electron chi connectivity index (χ3n) is 5.70. The van der Waals surface area contributed by atoms with Gasteiger partial charge in [-0.25, -0.2) is 9.37 Å². The molecule has 4 aromatic rings. The number of aromatic nitrogens is 2. The Morgan fingerprint density at radius 2 is 1.60 bits per heavy atom. The molecule has 0 saturated carbocycles. The van der Waals surface area contributed by atoms with Crippen molar-refractivity contribution in [2.45, 2.75) is 46.6 Å². The molecule has 0 bridgehead atoms. The van der Waals surface area contributed by atoms with Crippen LogP contribution >= 0.6 is 0 Å². The van der Waals surface area contributed by atoms with Crippen molar-refractivity contribution in [2.24, 2.45) is 0 Å². The number of pyridine rings is 1. The summed E-state index contributed by atoms with van der Waals surface area (Å²) < 4.78 is 21.6. The Kier molecular flexibility index (Phi) is 5.10. The number of aryl methyl sites for hydroxylation is 1. The smallest absolute Gasteiger partial charge is 0.244 e. The summed E-state index contributed by atoms with van der Waals surface area (Å²) in [6.07, 6.45) is 1.76. The van der Waals surface area contributed by atoms with E-state index in [1.165, 1.54) is 34.5 Å². The van der Waals surface area contributed by atoms with Crippen molar-refractivity contribution in [3.63, 3.8) is 0 Å². The summed E-state index contributed by atoms with van der Waals surface area (Å²) in [7, 11) is 0. The fourth-order valence-corrected chi connectivity index (χ4v) is 3.74. The highest BCUT2D eigenvalue weighted by atomic mass is 19.1. The molecule has 4 rings (SSSR count). The Balaban J connectivity index is 1.75. The lowest BCUT2D eigenvalue weighted by molar-refractivity contribution is 0.464. The predicted octanol–water partition coefficient (Wildman–Crippen LogP) is 6.93. The van der Waals surface area contributed by atoms with Crippen molar-refractivity contribution in [3.8, 4) is 11.6 Å². The first-order valence-corrected chi connectivity index (χ1v) is 10.2. The highest BCUT2D eigenvalue weighted by molar-refractivity contribution is 5.89. The van der Waals surface area contributed by atoms with Gasteiger partial charge in [0.1, 0.15) is 17.1 Å². The average molecular weight is 403 g/mol. The van der Waals surface area contributed by atoms with E-state index in [0.29, 0.717) is 11.6 Å². The van der Waals surface area contributed by atoms with Crippen LogP contribution in [0.3, 0.4) is 0 Å². The van der Waals surface area contributed by atoms with E-state index in [2.05, 4.69) is 68.4 Å². The molecule has 154 valence electrons. The summed E-state index contributed by atoms with van der Waals surface area (Å²) in [6, 6.07) is 16.8. The van der Waals surface area contributed by atoms with Crippen molar-refractivity contribution >= 4 is 10.9 Å². The van der Waals surface area contributed by atoms with Crippen molar-refractivity contribution < 1.29 is 9.13 Å². The number of nitrogens with zero attached hydrogens (tertiary/aromatic N) is 2. The maximum Gasteiger partial charge on any atom is 0.244 e. The van der Waals surface area contributed by atoms with Gasteiger partial charge in [-0.05, 0) is 66.3 Å². The van der Waals surface area contributed by atoms with Gasteiger partial charge in [0.25, 0.3) is 0 Å². The van der Waals surface area contributed by atoms with Crippen LogP contribution in [-0.2, 0) is 12.0 Å². The van der Waals surface area contributed by atoms with E-state index in [1.54, 1.807) is 18.3 Å². The van der Waals surface area contributed by atoms with E-state index in [-0.39, 0.29) is 11.2 Å². The van der Waals surface area contributed by atoms with Crippen LogP contribution in [0.5, 0.6) is 11.6 Å². The molecule has 4 heteroatoms. The Hall–Kier alpha value is -3.14. The minimum atomic E-state index is -0.290. The molecule has 0 aliphatic rings. The predicted molar refractivity (Wildman–Crippen MR) is 120 cm³/mol. The topological polar surface area (TPSA) is 27.1 Å². The van der Waals surface area contributed by atoms with Crippen LogP contribution in [0.2, 0.25) is 0 Å². The second-order valence-corrected chi connectivity index (χ2v) is 8.81. The second kappa shape index (κ2) is 7.60. The van der Waals surface area contributed by atoms with Gasteiger partial charge in [0.05, 0.1) is 0 Å². The van der Waals surface area contributed by atoms with Crippen LogP contribution in [0.15, 0.2) is 60.8 Å². The van der Waals surface area contributed by atoms with Gasteiger partial charge < -0.3 is 9.30 Å². The Morgan fingerprint density at radius 1 is 0.933 bits per heavy atom. The lowest BCUT2D eigenvalue weighted by atomic mass is 9.87. The number of fused-ring (bicyclic) bond motifs is 1. The highest BCUT2D eigenvalue weighted by Crippen LogP contribution is 2.34. The number of ether oxygens (including phenoxy) is 1. The van der Waals surface area contributed by atoms with Crippen molar-refractivity contribution in [2.75, 3.05) is 0 Å². The van der Waals surface area contributed by atoms with E-state index < -0.39 is 0 Å². The van der Waals surface area contributed by atoms with Gasteiger partial charge >= 0.3 is 0 Å². The second-order valence-electron chi connectivity index (χ2n) is 8.81. The molecule has 0 N–H and O–H groups in total. The van der Waals surface area contributed by atoms with Crippen LogP contribution in [-0.4, -0.2) is 9.55 Å². The fraction of sp³-hybridized carbons (Fsp3) is 0.269. The lowest BCUT2D eigenvalue weighted by Gasteiger charge is -2.19. The van der Waals surface area contributed by atoms with E-state index in [0.717, 1.165) is 17.4 Å². The lowest BCUT2D eigenvalue weighted by Crippen LogP contribution is -2.11. The molecule has 0 fully saturated rings. The molecule has 0 aliphatic heterocycles. The number of hydrogen-bond donors (Lipinski definition) is 0. The third-order valence-corrected chi connectivity index (χ3v) is 5.70. The van der Waals surface area contributed by atoms with Crippen molar-refractivity contribution in [1.29, 1.82) is 0 Å². The Morgan fingerprint density at radius 3 is 2.23 bits per heavy atom. The zero-order valence-electron chi connectivity index (χ0n) is 18.2. The monoisotopic (exact) mass is 402 g/mol. The van der Waals surface area contributed by atoms with Crippen LogP contribution in [0, 0.1) is 19.7 Å². The maximum atomic E-state index is 13.3. The highest BCUT2D eigenvalue weighted by Gasteiger charge is 2.18. The SMILES string of the molecule is Cc1c(C)n(Cc2ccc(C(C)(C)C)cc2)c2c(Oc3ccc(F)cc3)nccc12. The van der Waals surface area contributed by atoms with E-state index in [1.807, 2.05) is 6.07 Å². The van der Waals surface area contributed by atoms with E-state index in [4.69, 9.17) is 4.74 Å². The third kappa shape index (κ3) is 3.82. The quantitative estimate of drug-likeness (QED) is 0.370. The molecule has 2 aromatic carbocycles. The first kappa shape index (κ1) is 20.1. The molecule has 2 heterocycles. The summed E-state index contributed by atoms with van der Waals surface area (Å²) in [5.74, 6) is 0.804. The average Bonchev–Trinajstić information content (AvgIpc) is 2.95. The molecular weight excluding hydrogens is 375 g/mol. The van der Waals surface area contributed by atoms with Crippen LogP contribution in [0.4, 0.5) is 4.39 Å². The largest absolute Gasteiger partial charge is 0.437 e. The van der Waals surface area contributed by atoms with E-state index >= 15 is 0 Å². The molecule has 0 atom stereocenters. The molecular formula is C26H27FN2O. The molecule has 0 unspecified atom stereocenters. The summed E-state index contributed by atoms with van der Waals surface area (Å²) in [4.78, 5) is 4.49. The normalized spacial score (nSPS) is 11.8. The molecule has 0 amide bonds. The fourth-order valence-electron chi connectivity index (χ4n) is 3.74. The molecule has 0 aliphatic carbocycles. The van der Waals surface area contributed by atoms with Gasteiger partial charge in [0.15, 0.2) is 0 Å². The number of hydrogen-bond acceptors (Lipinski definition) is 2. The molecule has 0 radical (unpaired) electrons. The maximum absolute atomic E-state index is 13.3. The van der Waals surface area contributed by atoms with E-state index in [9.17, 15) is 4.39 Å².